The molecule has 1 fully saturated rings. The van der Waals surface area contributed by atoms with Crippen molar-refractivity contribution in [3.63, 3.8) is 0 Å². The lowest BCUT2D eigenvalue weighted by atomic mass is 9.85. The number of carbonyl (C=O) groups is 2. The number of sulfonamides is 1. The second-order valence-corrected chi connectivity index (χ2v) is 9.55. The Bertz CT molecular complexity index is 1240. The van der Waals surface area contributed by atoms with Crippen molar-refractivity contribution in [2.75, 3.05) is 10.0 Å². The first kappa shape index (κ1) is 22.5. The second-order valence-electron chi connectivity index (χ2n) is 7.87. The van der Waals surface area contributed by atoms with Gasteiger partial charge in [0.25, 0.3) is 15.9 Å². The summed E-state index contributed by atoms with van der Waals surface area (Å²) in [7, 11) is -3.77. The molecule has 1 aromatic heterocycles. The fourth-order valence-electron chi connectivity index (χ4n) is 3.38. The third kappa shape index (κ3) is 5.75. The van der Waals surface area contributed by atoms with Gasteiger partial charge in [-0.1, -0.05) is 18.6 Å². The summed E-state index contributed by atoms with van der Waals surface area (Å²) in [4.78, 5) is 28.5. The predicted molar refractivity (Wildman–Crippen MR) is 125 cm³/mol. The van der Waals surface area contributed by atoms with E-state index in [0.29, 0.717) is 16.9 Å². The van der Waals surface area contributed by atoms with Crippen LogP contribution in [0, 0.1) is 5.92 Å². The van der Waals surface area contributed by atoms with E-state index in [4.69, 9.17) is 0 Å². The van der Waals surface area contributed by atoms with Gasteiger partial charge in [0.2, 0.25) is 5.91 Å². The van der Waals surface area contributed by atoms with E-state index in [9.17, 15) is 18.0 Å². The van der Waals surface area contributed by atoms with Crippen LogP contribution < -0.4 is 15.4 Å². The Labute approximate surface area is 192 Å². The molecule has 0 spiro atoms. The van der Waals surface area contributed by atoms with Crippen LogP contribution in [-0.4, -0.2) is 25.2 Å². The van der Waals surface area contributed by atoms with E-state index in [1.807, 2.05) is 24.3 Å². The van der Waals surface area contributed by atoms with E-state index in [2.05, 4.69) is 20.3 Å². The van der Waals surface area contributed by atoms with E-state index in [1.165, 1.54) is 36.7 Å². The lowest BCUT2D eigenvalue weighted by Crippen LogP contribution is -2.28. The van der Waals surface area contributed by atoms with Crippen LogP contribution in [0.25, 0.3) is 0 Å². The van der Waals surface area contributed by atoms with Crippen molar-refractivity contribution in [2.24, 2.45) is 5.92 Å². The number of benzene rings is 2. The molecule has 0 atom stereocenters. The van der Waals surface area contributed by atoms with Gasteiger partial charge in [0, 0.05) is 36.1 Å². The minimum absolute atomic E-state index is 0.0379. The third-order valence-electron chi connectivity index (χ3n) is 5.48. The van der Waals surface area contributed by atoms with Crippen LogP contribution in [0.15, 0.2) is 78.0 Å². The summed E-state index contributed by atoms with van der Waals surface area (Å²) >= 11 is 0. The summed E-state index contributed by atoms with van der Waals surface area (Å²) in [5.41, 5.74) is 2.29. The summed E-state index contributed by atoms with van der Waals surface area (Å²) in [5, 5.41) is 5.74. The van der Waals surface area contributed by atoms with Crippen molar-refractivity contribution in [3.05, 3.63) is 84.2 Å². The van der Waals surface area contributed by atoms with Gasteiger partial charge in [-0.2, -0.15) is 0 Å². The van der Waals surface area contributed by atoms with E-state index >= 15 is 0 Å². The third-order valence-corrected chi connectivity index (χ3v) is 6.88. The molecule has 33 heavy (non-hydrogen) atoms. The first-order valence-electron chi connectivity index (χ1n) is 10.6. The molecule has 0 unspecified atom stereocenters. The molecule has 3 aromatic rings. The molecule has 3 N–H and O–H groups in total. The molecule has 2 amide bonds. The fraction of sp³-hybridized carbons (Fsp3) is 0.208. The number of nitrogens with one attached hydrogen (secondary N) is 3. The number of pyridine rings is 1. The quantitative estimate of drug-likeness (QED) is 0.471. The fourth-order valence-corrected chi connectivity index (χ4v) is 4.44. The largest absolute Gasteiger partial charge is 0.348 e. The molecule has 2 aromatic carbocycles. The monoisotopic (exact) mass is 464 g/mol. The highest BCUT2D eigenvalue weighted by Crippen LogP contribution is 2.27. The molecular weight excluding hydrogens is 440 g/mol. The number of carbonyl (C=O) groups excluding carboxylic acids is 2. The van der Waals surface area contributed by atoms with Crippen LogP contribution in [0.4, 0.5) is 11.4 Å². The maximum Gasteiger partial charge on any atom is 0.261 e. The Morgan fingerprint density at radius 1 is 0.939 bits per heavy atom. The highest BCUT2D eigenvalue weighted by molar-refractivity contribution is 7.92. The number of aromatic nitrogens is 1. The number of hydrogen-bond acceptors (Lipinski definition) is 5. The van der Waals surface area contributed by atoms with Crippen LogP contribution in [0.2, 0.25) is 0 Å². The van der Waals surface area contributed by atoms with E-state index in [0.717, 1.165) is 24.8 Å². The van der Waals surface area contributed by atoms with Gasteiger partial charge in [-0.25, -0.2) is 8.42 Å². The van der Waals surface area contributed by atoms with Crippen LogP contribution in [0.5, 0.6) is 0 Å². The molecule has 0 aliphatic heterocycles. The first-order valence-corrected chi connectivity index (χ1v) is 12.1. The van der Waals surface area contributed by atoms with Gasteiger partial charge in [0.1, 0.15) is 0 Å². The maximum atomic E-state index is 12.5. The predicted octanol–water partition coefficient (Wildman–Crippen LogP) is 3.55. The van der Waals surface area contributed by atoms with Crippen LogP contribution in [0.3, 0.4) is 0 Å². The number of hydrogen-bond donors (Lipinski definition) is 3. The van der Waals surface area contributed by atoms with Gasteiger partial charge >= 0.3 is 0 Å². The topological polar surface area (TPSA) is 117 Å². The van der Waals surface area contributed by atoms with Crippen molar-refractivity contribution in [3.8, 4) is 0 Å². The number of amides is 2. The lowest BCUT2D eigenvalue weighted by Gasteiger charge is -2.24. The van der Waals surface area contributed by atoms with Crippen molar-refractivity contribution < 1.29 is 18.0 Å². The van der Waals surface area contributed by atoms with Gasteiger partial charge in [0.05, 0.1) is 10.6 Å². The molecule has 9 heteroatoms. The van der Waals surface area contributed by atoms with Crippen LogP contribution in [-0.2, 0) is 21.4 Å². The molecular formula is C24H24N4O4S. The minimum atomic E-state index is -3.77. The zero-order valence-corrected chi connectivity index (χ0v) is 18.6. The van der Waals surface area contributed by atoms with Gasteiger partial charge in [-0.3, -0.25) is 19.3 Å². The Morgan fingerprint density at radius 2 is 1.67 bits per heavy atom. The maximum absolute atomic E-state index is 12.5. The standard InChI is InChI=1S/C24H24N4O4S/c29-23(26-16-17-3-1-6-21(15-17)27-24(30)18-4-2-5-18)19-7-9-22(10-8-19)33(31,32)28-20-11-13-25-14-12-20/h1,3,6-15,18H,2,4-5,16H2,(H,25,28)(H,26,29)(H,27,30). The molecule has 0 bridgehead atoms. The Morgan fingerprint density at radius 3 is 2.33 bits per heavy atom. The van der Waals surface area contributed by atoms with E-state index in [-0.39, 0.29) is 29.2 Å². The molecule has 170 valence electrons. The van der Waals surface area contributed by atoms with Gasteiger partial charge < -0.3 is 10.6 Å². The smallest absolute Gasteiger partial charge is 0.261 e. The summed E-state index contributed by atoms with van der Waals surface area (Å²) < 4.78 is 27.5. The molecule has 0 saturated heterocycles. The summed E-state index contributed by atoms with van der Waals surface area (Å²) in [6.45, 7) is 0.273. The summed E-state index contributed by atoms with van der Waals surface area (Å²) in [5.74, 6) is -0.194. The zero-order chi connectivity index (χ0) is 23.3. The molecule has 1 saturated carbocycles. The van der Waals surface area contributed by atoms with Crippen LogP contribution >= 0.6 is 0 Å². The summed E-state index contributed by atoms with van der Waals surface area (Å²) in [6.07, 6.45) is 5.94. The number of nitrogens with zero attached hydrogens (tertiary/aromatic N) is 1. The molecule has 0 radical (unpaired) electrons. The molecule has 1 aliphatic rings. The number of anilines is 2. The van der Waals surface area contributed by atoms with E-state index in [1.54, 1.807) is 12.1 Å². The zero-order valence-electron chi connectivity index (χ0n) is 17.8. The minimum Gasteiger partial charge on any atom is -0.348 e. The van der Waals surface area contributed by atoms with Crippen molar-refractivity contribution >= 4 is 33.2 Å². The Hall–Kier alpha value is -3.72. The van der Waals surface area contributed by atoms with Crippen molar-refractivity contribution in [1.29, 1.82) is 0 Å². The highest BCUT2D eigenvalue weighted by Gasteiger charge is 2.25. The molecule has 8 nitrogen and oxygen atoms in total. The van der Waals surface area contributed by atoms with Gasteiger partial charge in [-0.05, 0) is 66.9 Å². The van der Waals surface area contributed by atoms with Crippen molar-refractivity contribution in [1.82, 2.24) is 10.3 Å². The van der Waals surface area contributed by atoms with Gasteiger partial charge in [-0.15, -0.1) is 0 Å². The molecule has 4 rings (SSSR count). The SMILES string of the molecule is O=C(NCc1cccc(NC(=O)C2CCC2)c1)c1ccc(S(=O)(=O)Nc2ccncc2)cc1. The lowest BCUT2D eigenvalue weighted by molar-refractivity contribution is -0.122. The van der Waals surface area contributed by atoms with Gasteiger partial charge in [0.15, 0.2) is 0 Å². The summed E-state index contributed by atoms with van der Waals surface area (Å²) in [6, 6.07) is 16.1. The molecule has 1 aliphatic carbocycles. The first-order chi connectivity index (χ1) is 15.9. The highest BCUT2D eigenvalue weighted by atomic mass is 32.2. The normalized spacial score (nSPS) is 13.6. The van der Waals surface area contributed by atoms with Crippen LogP contribution in [0.1, 0.15) is 35.2 Å². The number of rotatable bonds is 8. The van der Waals surface area contributed by atoms with E-state index < -0.39 is 10.0 Å². The average Bonchev–Trinajstić information content (AvgIpc) is 2.77. The average molecular weight is 465 g/mol. The van der Waals surface area contributed by atoms with Crippen molar-refractivity contribution in [2.45, 2.75) is 30.7 Å². The molecule has 1 heterocycles. The second kappa shape index (κ2) is 9.83. The Balaban J connectivity index is 1.34. The Kier molecular flexibility index (Phi) is 6.69.